The topological polar surface area (TPSA) is 37.3 Å². The second-order valence-electron chi connectivity index (χ2n) is 14.1. The van der Waals surface area contributed by atoms with E-state index in [2.05, 4.69) is 13.8 Å². The van der Waals surface area contributed by atoms with Crippen LogP contribution in [0.2, 0.25) is 0 Å². The zero-order valence-corrected chi connectivity index (χ0v) is 29.6. The van der Waals surface area contributed by atoms with Crippen LogP contribution in [0.15, 0.2) is 0 Å². The summed E-state index contributed by atoms with van der Waals surface area (Å²) in [7, 11) is 0. The van der Waals surface area contributed by atoms with Gasteiger partial charge in [-0.2, -0.15) is 0 Å². The lowest BCUT2D eigenvalue weighted by Crippen LogP contribution is -2.20. The molecule has 0 bridgehead atoms. The van der Waals surface area contributed by atoms with Crippen molar-refractivity contribution in [3.63, 3.8) is 0 Å². The van der Waals surface area contributed by atoms with Crippen molar-refractivity contribution in [1.82, 2.24) is 0 Å². The zero-order valence-electron chi connectivity index (χ0n) is 29.6. The van der Waals surface area contributed by atoms with Crippen LogP contribution in [0.3, 0.4) is 0 Å². The Hall–Kier alpha value is -0.530. The third-order valence-corrected chi connectivity index (χ3v) is 9.95. The Morgan fingerprint density at radius 3 is 0.762 bits per heavy atom. The summed E-state index contributed by atoms with van der Waals surface area (Å²) in [6.45, 7) is 6.54. The molecule has 0 saturated heterocycles. The van der Waals surface area contributed by atoms with Crippen LogP contribution in [0.5, 0.6) is 0 Å². The van der Waals surface area contributed by atoms with Gasteiger partial charge in [0.25, 0.3) is 0 Å². The molecule has 1 N–H and O–H groups in total. The van der Waals surface area contributed by atoms with E-state index in [0.29, 0.717) is 5.92 Å². The molecule has 252 valence electrons. The van der Waals surface area contributed by atoms with Crippen molar-refractivity contribution < 1.29 is 9.90 Å². The van der Waals surface area contributed by atoms with Crippen molar-refractivity contribution in [2.24, 2.45) is 11.8 Å². The van der Waals surface area contributed by atoms with Gasteiger partial charge in [0.1, 0.15) is 0 Å². The van der Waals surface area contributed by atoms with E-state index in [1.165, 1.54) is 205 Å². The fourth-order valence-electron chi connectivity index (χ4n) is 6.76. The van der Waals surface area contributed by atoms with Gasteiger partial charge < -0.3 is 5.11 Å². The Balaban J connectivity index is 3.59. The van der Waals surface area contributed by atoms with Crippen LogP contribution in [-0.4, -0.2) is 11.1 Å². The molecule has 0 saturated carbocycles. The van der Waals surface area contributed by atoms with E-state index in [9.17, 15) is 9.90 Å². The summed E-state index contributed by atoms with van der Waals surface area (Å²) in [5.41, 5.74) is 0. The molecule has 0 amide bonds. The molecule has 0 aromatic heterocycles. The second-order valence-corrected chi connectivity index (χ2v) is 14.1. The molecule has 0 fully saturated rings. The lowest BCUT2D eigenvalue weighted by molar-refractivity contribution is -0.143. The largest absolute Gasteiger partial charge is 0.481 e. The van der Waals surface area contributed by atoms with Gasteiger partial charge in [-0.15, -0.1) is 0 Å². The van der Waals surface area contributed by atoms with Crippen molar-refractivity contribution in [3.8, 4) is 0 Å². The molecule has 0 radical (unpaired) electrons. The quantitative estimate of drug-likeness (QED) is 0.0735. The smallest absolute Gasteiger partial charge is 0.306 e. The van der Waals surface area contributed by atoms with Gasteiger partial charge in [0.05, 0.1) is 5.92 Å². The van der Waals surface area contributed by atoms with E-state index in [1.807, 2.05) is 6.92 Å². The Morgan fingerprint density at radius 1 is 0.381 bits per heavy atom. The van der Waals surface area contributed by atoms with Gasteiger partial charge in [-0.1, -0.05) is 226 Å². The van der Waals surface area contributed by atoms with E-state index >= 15 is 0 Å². The highest BCUT2D eigenvalue weighted by Gasteiger charge is 2.22. The van der Waals surface area contributed by atoms with E-state index in [1.54, 1.807) is 0 Å². The molecule has 0 aromatic rings. The summed E-state index contributed by atoms with van der Waals surface area (Å²) in [6, 6.07) is 0. The second kappa shape index (κ2) is 35.0. The molecule has 0 aliphatic heterocycles. The summed E-state index contributed by atoms with van der Waals surface area (Å²) in [5, 5.41) is 9.62. The van der Waals surface area contributed by atoms with Crippen LogP contribution in [0.1, 0.15) is 239 Å². The number of hydrogen-bond donors (Lipinski definition) is 1. The SMILES string of the molecule is CCCCCCCCCCCCCCCCCCC(CCCCCCCCCCCCCCCCCC)C(C)C(=O)O. The molecule has 0 spiro atoms. The van der Waals surface area contributed by atoms with Gasteiger partial charge in [0, 0.05) is 0 Å². The van der Waals surface area contributed by atoms with Crippen LogP contribution in [0.25, 0.3) is 0 Å². The minimum atomic E-state index is -0.590. The minimum Gasteiger partial charge on any atom is -0.481 e. The van der Waals surface area contributed by atoms with Gasteiger partial charge in [-0.25, -0.2) is 0 Å². The summed E-state index contributed by atoms with van der Waals surface area (Å²) >= 11 is 0. The molecule has 2 heteroatoms. The van der Waals surface area contributed by atoms with Crippen molar-refractivity contribution in [1.29, 1.82) is 0 Å². The van der Waals surface area contributed by atoms with Gasteiger partial charge in [-0.3, -0.25) is 4.79 Å². The van der Waals surface area contributed by atoms with Gasteiger partial charge in [0.15, 0.2) is 0 Å². The number of hydrogen-bond acceptors (Lipinski definition) is 1. The van der Waals surface area contributed by atoms with Crippen LogP contribution in [0, 0.1) is 11.8 Å². The molecule has 42 heavy (non-hydrogen) atoms. The van der Waals surface area contributed by atoms with Gasteiger partial charge in [-0.05, 0) is 18.8 Å². The van der Waals surface area contributed by atoms with Crippen molar-refractivity contribution >= 4 is 5.97 Å². The number of aliphatic carboxylic acids is 1. The summed E-state index contributed by atoms with van der Waals surface area (Å²) in [6.07, 6.45) is 46.9. The molecule has 2 nitrogen and oxygen atoms in total. The van der Waals surface area contributed by atoms with Crippen molar-refractivity contribution in [3.05, 3.63) is 0 Å². The summed E-state index contributed by atoms with van der Waals surface area (Å²) in [4.78, 5) is 11.7. The molecule has 0 aliphatic rings. The van der Waals surface area contributed by atoms with Gasteiger partial charge in [0.2, 0.25) is 0 Å². The van der Waals surface area contributed by atoms with E-state index in [0.717, 1.165) is 12.8 Å². The van der Waals surface area contributed by atoms with E-state index in [4.69, 9.17) is 0 Å². The number of carboxylic acids is 1. The first-order chi connectivity index (χ1) is 20.6. The maximum atomic E-state index is 11.7. The predicted octanol–water partition coefficient (Wildman–Crippen LogP) is 14.6. The summed E-state index contributed by atoms with van der Waals surface area (Å²) < 4.78 is 0. The highest BCUT2D eigenvalue weighted by Crippen LogP contribution is 2.26. The van der Waals surface area contributed by atoms with Crippen molar-refractivity contribution in [2.75, 3.05) is 0 Å². The van der Waals surface area contributed by atoms with E-state index < -0.39 is 5.97 Å². The van der Waals surface area contributed by atoms with Crippen molar-refractivity contribution in [2.45, 2.75) is 239 Å². The Kier molecular flexibility index (Phi) is 34.5. The fraction of sp³-hybridized carbons (Fsp3) is 0.975. The number of carbonyl (C=O) groups is 1. The lowest BCUT2D eigenvalue weighted by atomic mass is 9.84. The Morgan fingerprint density at radius 2 is 0.571 bits per heavy atom. The van der Waals surface area contributed by atoms with E-state index in [-0.39, 0.29) is 5.92 Å². The predicted molar refractivity (Wildman–Crippen MR) is 189 cm³/mol. The number of carboxylic acid groups (broad SMARTS) is 1. The first kappa shape index (κ1) is 41.5. The zero-order chi connectivity index (χ0) is 30.8. The average Bonchev–Trinajstić information content (AvgIpc) is 2.99. The summed E-state index contributed by atoms with van der Waals surface area (Å²) in [5.74, 6) is -0.397. The van der Waals surface area contributed by atoms with Crippen LogP contribution < -0.4 is 0 Å². The Bertz CT molecular complexity index is 480. The first-order valence-electron chi connectivity index (χ1n) is 19.9. The molecule has 0 aliphatic carbocycles. The normalized spacial score (nSPS) is 12.4. The molecule has 1 atom stereocenters. The molecule has 0 aromatic carbocycles. The van der Waals surface area contributed by atoms with Crippen LogP contribution in [0.4, 0.5) is 0 Å². The highest BCUT2D eigenvalue weighted by molar-refractivity contribution is 5.69. The highest BCUT2D eigenvalue weighted by atomic mass is 16.4. The molecular weight excluding hydrogens is 512 g/mol. The molecule has 1 unspecified atom stereocenters. The maximum Gasteiger partial charge on any atom is 0.306 e. The number of rotatable bonds is 36. The minimum absolute atomic E-state index is 0.183. The first-order valence-corrected chi connectivity index (χ1v) is 19.9. The lowest BCUT2D eigenvalue weighted by Gasteiger charge is -2.21. The monoisotopic (exact) mass is 593 g/mol. The Labute approximate surface area is 266 Å². The molecule has 0 heterocycles. The van der Waals surface area contributed by atoms with Crippen LogP contribution >= 0.6 is 0 Å². The standard InChI is InChI=1S/C40H80O2/c1-4-6-8-10-12-14-16-18-20-22-24-26-28-30-32-34-36-39(38(3)40(41)42)37-35-33-31-29-27-25-23-21-19-17-15-13-11-9-7-5-2/h38-39H,4-37H2,1-3H3,(H,41,42). The molecular formula is C40H80O2. The fourth-order valence-corrected chi connectivity index (χ4v) is 6.76. The third-order valence-electron chi connectivity index (χ3n) is 9.95. The van der Waals surface area contributed by atoms with Gasteiger partial charge >= 0.3 is 5.97 Å². The molecule has 0 rings (SSSR count). The third kappa shape index (κ3) is 30.9. The van der Waals surface area contributed by atoms with Crippen LogP contribution in [-0.2, 0) is 4.79 Å². The maximum absolute atomic E-state index is 11.7. The number of unbranched alkanes of at least 4 members (excludes halogenated alkanes) is 30. The average molecular weight is 593 g/mol.